The molecule has 1 atom stereocenters. The van der Waals surface area contributed by atoms with Crippen LogP contribution in [0.1, 0.15) is 17.2 Å². The molecule has 1 unspecified atom stereocenters. The maximum Gasteiger partial charge on any atom is 0.416 e. The quantitative estimate of drug-likeness (QED) is 0.753. The van der Waals surface area contributed by atoms with Crippen LogP contribution in [0.5, 0.6) is 0 Å². The number of alkyl halides is 3. The number of hydrogen-bond donors (Lipinski definition) is 1. The Hall–Kier alpha value is -1.54. The van der Waals surface area contributed by atoms with Crippen molar-refractivity contribution >= 4 is 0 Å². The summed E-state index contributed by atoms with van der Waals surface area (Å²) in [6, 6.07) is 4.72. The van der Waals surface area contributed by atoms with Gasteiger partial charge in [-0.2, -0.15) is 13.2 Å². The zero-order chi connectivity index (χ0) is 11.5. The molecule has 5 heteroatoms. The minimum atomic E-state index is -4.50. The second kappa shape index (κ2) is 4.32. The molecule has 1 aromatic rings. The van der Waals surface area contributed by atoms with E-state index in [1.54, 1.807) is 0 Å². The number of aliphatic hydroxyl groups excluding tert-OH is 1. The van der Waals surface area contributed by atoms with E-state index >= 15 is 0 Å². The number of benzene rings is 1. The monoisotopic (exact) mass is 215 g/mol. The second-order valence-electron chi connectivity index (χ2n) is 2.94. The Kier molecular flexibility index (Phi) is 3.32. The van der Waals surface area contributed by atoms with E-state index < -0.39 is 17.8 Å². The van der Waals surface area contributed by atoms with Gasteiger partial charge in [-0.3, -0.25) is 0 Å². The predicted molar refractivity (Wildman–Crippen MR) is 47.9 cm³/mol. The Morgan fingerprint density at radius 1 is 1.33 bits per heavy atom. The van der Waals surface area contributed by atoms with E-state index in [-0.39, 0.29) is 12.1 Å². The molecule has 2 nitrogen and oxygen atoms in total. The van der Waals surface area contributed by atoms with Crippen LogP contribution in [0.15, 0.2) is 24.3 Å². The lowest BCUT2D eigenvalue weighted by Gasteiger charge is -2.13. The van der Waals surface area contributed by atoms with Crippen molar-refractivity contribution in [1.29, 1.82) is 0 Å². The fourth-order valence-corrected chi connectivity index (χ4v) is 1.23. The zero-order valence-electron chi connectivity index (χ0n) is 7.62. The van der Waals surface area contributed by atoms with Gasteiger partial charge in [0.05, 0.1) is 5.56 Å². The normalized spacial score (nSPS) is 13.3. The van der Waals surface area contributed by atoms with Gasteiger partial charge in [-0.25, -0.2) is 6.57 Å². The highest BCUT2D eigenvalue weighted by Gasteiger charge is 2.35. The van der Waals surface area contributed by atoms with Crippen molar-refractivity contribution in [3.8, 4) is 0 Å². The minimum absolute atomic E-state index is 0.249. The number of aliphatic hydroxyl groups is 1. The molecule has 0 saturated heterocycles. The van der Waals surface area contributed by atoms with Gasteiger partial charge in [0.2, 0.25) is 6.54 Å². The molecule has 0 heterocycles. The van der Waals surface area contributed by atoms with Crippen LogP contribution in [0.2, 0.25) is 0 Å². The van der Waals surface area contributed by atoms with Gasteiger partial charge in [0, 0.05) is 5.56 Å². The smallest absolute Gasteiger partial charge is 0.381 e. The number of rotatable bonds is 2. The van der Waals surface area contributed by atoms with Crippen molar-refractivity contribution in [2.24, 2.45) is 0 Å². The van der Waals surface area contributed by atoms with Gasteiger partial charge in [0.25, 0.3) is 0 Å². The first-order chi connectivity index (χ1) is 6.96. The van der Waals surface area contributed by atoms with Crippen LogP contribution in [0, 0.1) is 6.57 Å². The van der Waals surface area contributed by atoms with Crippen LogP contribution in [0.3, 0.4) is 0 Å². The van der Waals surface area contributed by atoms with E-state index in [0.29, 0.717) is 0 Å². The highest BCUT2D eigenvalue weighted by Crippen LogP contribution is 2.34. The predicted octanol–water partition coefficient (Wildman–Crippen LogP) is 2.66. The highest BCUT2D eigenvalue weighted by atomic mass is 19.4. The van der Waals surface area contributed by atoms with E-state index in [4.69, 9.17) is 6.57 Å². The molecule has 0 bridgehead atoms. The Morgan fingerprint density at radius 2 is 1.93 bits per heavy atom. The number of hydrogen-bond acceptors (Lipinski definition) is 1. The first-order valence-electron chi connectivity index (χ1n) is 4.14. The zero-order valence-corrected chi connectivity index (χ0v) is 7.62. The third-order valence-corrected chi connectivity index (χ3v) is 1.89. The third kappa shape index (κ3) is 2.70. The van der Waals surface area contributed by atoms with Crippen LogP contribution in [0.4, 0.5) is 13.2 Å². The van der Waals surface area contributed by atoms with Crippen LogP contribution in [-0.2, 0) is 6.18 Å². The number of nitrogens with zero attached hydrogens (tertiary/aromatic N) is 1. The van der Waals surface area contributed by atoms with Crippen molar-refractivity contribution in [1.82, 2.24) is 0 Å². The van der Waals surface area contributed by atoms with Crippen molar-refractivity contribution in [2.75, 3.05) is 6.54 Å². The Morgan fingerprint density at radius 3 is 2.47 bits per heavy atom. The van der Waals surface area contributed by atoms with Crippen molar-refractivity contribution in [3.63, 3.8) is 0 Å². The molecule has 0 radical (unpaired) electrons. The summed E-state index contributed by atoms with van der Waals surface area (Å²) in [4.78, 5) is 2.87. The molecule has 0 spiro atoms. The SMILES string of the molecule is [C-]#[N+]CC(O)c1ccccc1C(F)(F)F. The molecule has 0 aromatic heterocycles. The standard InChI is InChI=1S/C10H8F3NO/c1-14-6-9(15)7-4-2-3-5-8(7)10(11,12)13/h2-5,9,15H,6H2. The van der Waals surface area contributed by atoms with Gasteiger partial charge >= 0.3 is 6.18 Å². The summed E-state index contributed by atoms with van der Waals surface area (Å²) in [5, 5.41) is 9.35. The average molecular weight is 215 g/mol. The molecule has 15 heavy (non-hydrogen) atoms. The van der Waals surface area contributed by atoms with Gasteiger partial charge < -0.3 is 9.95 Å². The molecular formula is C10H8F3NO. The van der Waals surface area contributed by atoms with E-state index in [0.717, 1.165) is 6.07 Å². The lowest BCUT2D eigenvalue weighted by molar-refractivity contribution is -0.139. The molecule has 0 amide bonds. The first-order valence-corrected chi connectivity index (χ1v) is 4.14. The van der Waals surface area contributed by atoms with E-state index in [1.165, 1.54) is 18.2 Å². The maximum absolute atomic E-state index is 12.5. The summed E-state index contributed by atoms with van der Waals surface area (Å²) in [7, 11) is 0. The Bertz CT molecular complexity index is 381. The summed E-state index contributed by atoms with van der Waals surface area (Å²) in [5.41, 5.74) is -1.14. The maximum atomic E-state index is 12.5. The highest BCUT2D eigenvalue weighted by molar-refractivity contribution is 5.31. The van der Waals surface area contributed by atoms with Crippen LogP contribution >= 0.6 is 0 Å². The molecule has 80 valence electrons. The molecule has 0 aliphatic carbocycles. The molecule has 1 N–H and O–H groups in total. The molecule has 0 aliphatic heterocycles. The molecular weight excluding hydrogens is 207 g/mol. The van der Waals surface area contributed by atoms with Crippen molar-refractivity contribution in [3.05, 3.63) is 46.8 Å². The second-order valence-corrected chi connectivity index (χ2v) is 2.94. The Balaban J connectivity index is 3.13. The summed E-state index contributed by atoms with van der Waals surface area (Å²) < 4.78 is 37.4. The van der Waals surface area contributed by atoms with Gasteiger partial charge in [-0.1, -0.05) is 18.2 Å². The van der Waals surface area contributed by atoms with Gasteiger partial charge in [-0.15, -0.1) is 0 Å². The van der Waals surface area contributed by atoms with Gasteiger partial charge in [0.1, 0.15) is 0 Å². The van der Waals surface area contributed by atoms with Crippen molar-refractivity contribution < 1.29 is 18.3 Å². The molecule has 0 aliphatic rings. The molecule has 1 rings (SSSR count). The van der Waals surface area contributed by atoms with E-state index in [2.05, 4.69) is 4.85 Å². The number of halogens is 3. The third-order valence-electron chi connectivity index (χ3n) is 1.89. The molecule has 0 saturated carbocycles. The molecule has 1 aromatic carbocycles. The fourth-order valence-electron chi connectivity index (χ4n) is 1.23. The lowest BCUT2D eigenvalue weighted by atomic mass is 10.0. The largest absolute Gasteiger partial charge is 0.416 e. The topological polar surface area (TPSA) is 24.6 Å². The van der Waals surface area contributed by atoms with Gasteiger partial charge in [-0.05, 0) is 6.07 Å². The van der Waals surface area contributed by atoms with Crippen molar-refractivity contribution in [2.45, 2.75) is 12.3 Å². The average Bonchev–Trinajstić information content (AvgIpc) is 2.17. The minimum Gasteiger partial charge on any atom is -0.381 e. The Labute approximate surface area is 84.8 Å². The van der Waals surface area contributed by atoms with E-state index in [9.17, 15) is 18.3 Å². The first kappa shape index (κ1) is 11.5. The van der Waals surface area contributed by atoms with Crippen LogP contribution in [0.25, 0.3) is 4.85 Å². The summed E-state index contributed by atoms with van der Waals surface area (Å²) in [6.07, 6.45) is -5.89. The molecule has 0 fully saturated rings. The summed E-state index contributed by atoms with van der Waals surface area (Å²) in [6.45, 7) is 6.12. The summed E-state index contributed by atoms with van der Waals surface area (Å²) in [5.74, 6) is 0. The van der Waals surface area contributed by atoms with Crippen LogP contribution < -0.4 is 0 Å². The lowest BCUT2D eigenvalue weighted by Crippen LogP contribution is -2.12. The van der Waals surface area contributed by atoms with Gasteiger partial charge in [0.15, 0.2) is 6.10 Å². The fraction of sp³-hybridized carbons (Fsp3) is 0.300. The summed E-state index contributed by atoms with van der Waals surface area (Å²) >= 11 is 0. The van der Waals surface area contributed by atoms with E-state index in [1.807, 2.05) is 0 Å². The van der Waals surface area contributed by atoms with Crippen LogP contribution in [-0.4, -0.2) is 11.7 Å².